The Morgan fingerprint density at radius 3 is 2.29 bits per heavy atom. The number of carbonyl (C=O) groups is 3. The summed E-state index contributed by atoms with van der Waals surface area (Å²) in [6.07, 6.45) is 4.58. The SMILES string of the molecule is COc1ccc(CCN2C(=O)C3C(C2=O)[C@@H](CC(=O)c2ccc(Cl)cc2)C=C[C@H]3C)cc1OC. The summed E-state index contributed by atoms with van der Waals surface area (Å²) in [5.74, 6) is -0.521. The molecule has 0 spiro atoms. The zero-order chi connectivity index (χ0) is 24.4. The highest BCUT2D eigenvalue weighted by Gasteiger charge is 2.53. The maximum absolute atomic E-state index is 13.4. The Kier molecular flexibility index (Phi) is 7.08. The van der Waals surface area contributed by atoms with Crippen LogP contribution in [0.4, 0.5) is 0 Å². The minimum absolute atomic E-state index is 0.0607. The molecular formula is C27H28ClNO5. The quantitative estimate of drug-likeness (QED) is 0.313. The number of ketones is 1. The van der Waals surface area contributed by atoms with Gasteiger partial charge in [-0.05, 0) is 60.2 Å². The molecule has 34 heavy (non-hydrogen) atoms. The van der Waals surface area contributed by atoms with Gasteiger partial charge in [-0.25, -0.2) is 0 Å². The number of amides is 2. The van der Waals surface area contributed by atoms with Crippen LogP contribution in [0.25, 0.3) is 0 Å². The summed E-state index contributed by atoms with van der Waals surface area (Å²) >= 11 is 5.93. The number of rotatable bonds is 8. The maximum Gasteiger partial charge on any atom is 0.233 e. The summed E-state index contributed by atoms with van der Waals surface area (Å²) in [6, 6.07) is 12.3. The number of benzene rings is 2. The first-order chi connectivity index (χ1) is 16.3. The molecule has 1 aliphatic carbocycles. The van der Waals surface area contributed by atoms with Crippen LogP contribution < -0.4 is 9.47 Å². The van der Waals surface area contributed by atoms with E-state index in [1.807, 2.05) is 37.3 Å². The first-order valence-electron chi connectivity index (χ1n) is 11.4. The van der Waals surface area contributed by atoms with Gasteiger partial charge in [0.2, 0.25) is 11.8 Å². The summed E-state index contributed by atoms with van der Waals surface area (Å²) < 4.78 is 10.6. The van der Waals surface area contributed by atoms with Gasteiger partial charge in [0.05, 0.1) is 26.1 Å². The molecule has 0 radical (unpaired) electrons. The van der Waals surface area contributed by atoms with Crippen molar-refractivity contribution in [3.05, 3.63) is 70.8 Å². The van der Waals surface area contributed by atoms with Crippen LogP contribution >= 0.6 is 11.6 Å². The van der Waals surface area contributed by atoms with E-state index in [2.05, 4.69) is 0 Å². The zero-order valence-corrected chi connectivity index (χ0v) is 20.2. The zero-order valence-electron chi connectivity index (χ0n) is 19.5. The number of Topliss-reactive ketones (excluding diaryl/α,β-unsaturated/α-hetero) is 1. The van der Waals surface area contributed by atoms with E-state index in [4.69, 9.17) is 21.1 Å². The van der Waals surface area contributed by atoms with Crippen LogP contribution in [-0.4, -0.2) is 43.3 Å². The van der Waals surface area contributed by atoms with Crippen molar-refractivity contribution in [1.82, 2.24) is 4.90 Å². The van der Waals surface area contributed by atoms with E-state index in [1.165, 1.54) is 4.90 Å². The molecule has 0 bridgehead atoms. The molecule has 2 aromatic rings. The van der Waals surface area contributed by atoms with Gasteiger partial charge >= 0.3 is 0 Å². The largest absolute Gasteiger partial charge is 0.493 e. The Hall–Kier alpha value is -3.12. The molecule has 1 heterocycles. The van der Waals surface area contributed by atoms with Crippen LogP contribution in [0.5, 0.6) is 11.5 Å². The van der Waals surface area contributed by atoms with Crippen LogP contribution in [0.15, 0.2) is 54.6 Å². The lowest BCUT2D eigenvalue weighted by Crippen LogP contribution is -2.34. The topological polar surface area (TPSA) is 72.9 Å². The second-order valence-electron chi connectivity index (χ2n) is 8.86. The Bertz CT molecular complexity index is 1130. The molecule has 2 amide bonds. The van der Waals surface area contributed by atoms with E-state index in [0.29, 0.717) is 28.5 Å². The van der Waals surface area contributed by atoms with E-state index in [1.54, 1.807) is 38.5 Å². The Morgan fingerprint density at radius 2 is 1.62 bits per heavy atom. The fourth-order valence-electron chi connectivity index (χ4n) is 4.99. The van der Waals surface area contributed by atoms with Gasteiger partial charge in [-0.2, -0.15) is 0 Å². The molecule has 0 aromatic heterocycles. The van der Waals surface area contributed by atoms with Crippen LogP contribution in [0.1, 0.15) is 29.3 Å². The monoisotopic (exact) mass is 481 g/mol. The van der Waals surface area contributed by atoms with Crippen molar-refractivity contribution in [2.45, 2.75) is 19.8 Å². The first-order valence-corrected chi connectivity index (χ1v) is 11.7. The van der Waals surface area contributed by atoms with E-state index in [9.17, 15) is 14.4 Å². The van der Waals surface area contributed by atoms with Crippen molar-refractivity contribution in [2.24, 2.45) is 23.7 Å². The standard InChI is InChI=1S/C27H28ClNO5/c1-16-4-6-19(15-21(30)18-7-9-20(28)10-8-18)25-24(16)26(31)29(27(25)32)13-12-17-5-11-22(33-2)23(14-17)34-3/h4-11,14,16,19,24-25H,12-13,15H2,1-3H3/t16-,19-,24?,25?/m1/s1. The summed E-state index contributed by atoms with van der Waals surface area (Å²) in [7, 11) is 3.14. The van der Waals surface area contributed by atoms with Gasteiger partial charge in [-0.15, -0.1) is 0 Å². The molecule has 2 aliphatic rings. The molecule has 4 atom stereocenters. The van der Waals surface area contributed by atoms with Crippen LogP contribution in [-0.2, 0) is 16.0 Å². The van der Waals surface area contributed by atoms with Crippen LogP contribution in [0.3, 0.4) is 0 Å². The number of hydrogen-bond acceptors (Lipinski definition) is 5. The third kappa shape index (κ3) is 4.60. The number of nitrogens with zero attached hydrogens (tertiary/aromatic N) is 1. The molecule has 2 unspecified atom stereocenters. The van der Waals surface area contributed by atoms with Gasteiger partial charge in [0, 0.05) is 23.6 Å². The normalized spacial score (nSPS) is 23.7. The molecule has 0 saturated carbocycles. The molecule has 1 saturated heterocycles. The van der Waals surface area contributed by atoms with Gasteiger partial charge in [0.1, 0.15) is 0 Å². The van der Waals surface area contributed by atoms with Gasteiger partial charge in [-0.3, -0.25) is 19.3 Å². The van der Waals surface area contributed by atoms with E-state index >= 15 is 0 Å². The molecule has 1 aliphatic heterocycles. The third-order valence-corrected chi connectivity index (χ3v) is 7.09. The molecule has 4 rings (SSSR count). The minimum atomic E-state index is -0.519. The smallest absolute Gasteiger partial charge is 0.233 e. The number of hydrogen-bond donors (Lipinski definition) is 0. The average Bonchev–Trinajstić information content (AvgIpc) is 3.10. The predicted octanol–water partition coefficient (Wildman–Crippen LogP) is 4.60. The Labute approximate surface area is 204 Å². The number of likely N-dealkylation sites (tertiary alicyclic amines) is 1. The van der Waals surface area contributed by atoms with Crippen molar-refractivity contribution in [2.75, 3.05) is 20.8 Å². The highest BCUT2D eigenvalue weighted by atomic mass is 35.5. The van der Waals surface area contributed by atoms with Crippen molar-refractivity contribution >= 4 is 29.2 Å². The van der Waals surface area contributed by atoms with Crippen molar-refractivity contribution in [1.29, 1.82) is 0 Å². The number of methoxy groups -OCH3 is 2. The second-order valence-corrected chi connectivity index (χ2v) is 9.30. The third-order valence-electron chi connectivity index (χ3n) is 6.84. The fourth-order valence-corrected chi connectivity index (χ4v) is 5.12. The highest BCUT2D eigenvalue weighted by Crippen LogP contribution is 2.43. The van der Waals surface area contributed by atoms with E-state index in [0.717, 1.165) is 5.56 Å². The number of carbonyl (C=O) groups excluding carboxylic acids is 3. The van der Waals surface area contributed by atoms with Gasteiger partial charge < -0.3 is 9.47 Å². The highest BCUT2D eigenvalue weighted by molar-refractivity contribution is 6.30. The molecule has 178 valence electrons. The number of ether oxygens (including phenoxy) is 2. The van der Waals surface area contributed by atoms with E-state index < -0.39 is 11.8 Å². The predicted molar refractivity (Wildman–Crippen MR) is 129 cm³/mol. The van der Waals surface area contributed by atoms with Crippen LogP contribution in [0.2, 0.25) is 5.02 Å². The first kappa shape index (κ1) is 24.0. The maximum atomic E-state index is 13.4. The lowest BCUT2D eigenvalue weighted by atomic mass is 9.70. The lowest BCUT2D eigenvalue weighted by molar-refractivity contribution is -0.140. The van der Waals surface area contributed by atoms with E-state index in [-0.39, 0.29) is 42.4 Å². The van der Waals surface area contributed by atoms with Crippen molar-refractivity contribution in [3.8, 4) is 11.5 Å². The van der Waals surface area contributed by atoms with Gasteiger partial charge in [0.25, 0.3) is 0 Å². The van der Waals surface area contributed by atoms with Gasteiger partial charge in [-0.1, -0.05) is 36.7 Å². The summed E-state index contributed by atoms with van der Waals surface area (Å²) in [4.78, 5) is 40.9. The lowest BCUT2D eigenvalue weighted by Gasteiger charge is -2.29. The number of imide groups is 1. The number of fused-ring (bicyclic) bond motifs is 1. The van der Waals surface area contributed by atoms with Crippen molar-refractivity contribution in [3.63, 3.8) is 0 Å². The number of halogens is 1. The van der Waals surface area contributed by atoms with Gasteiger partial charge in [0.15, 0.2) is 17.3 Å². The Balaban J connectivity index is 1.49. The van der Waals surface area contributed by atoms with Crippen LogP contribution in [0, 0.1) is 23.7 Å². The number of allylic oxidation sites excluding steroid dienone is 2. The molecule has 0 N–H and O–H groups in total. The summed E-state index contributed by atoms with van der Waals surface area (Å²) in [5.41, 5.74) is 1.49. The summed E-state index contributed by atoms with van der Waals surface area (Å²) in [6.45, 7) is 2.24. The summed E-state index contributed by atoms with van der Waals surface area (Å²) in [5, 5.41) is 0.560. The molecule has 1 fully saturated rings. The fraction of sp³-hybridized carbons (Fsp3) is 0.370. The molecule has 7 heteroatoms. The molecular weight excluding hydrogens is 454 g/mol. The second kappa shape index (κ2) is 10.0. The molecule has 6 nitrogen and oxygen atoms in total. The molecule has 2 aromatic carbocycles. The van der Waals surface area contributed by atoms with Crippen molar-refractivity contribution < 1.29 is 23.9 Å². The average molecular weight is 482 g/mol. The minimum Gasteiger partial charge on any atom is -0.493 e. The Morgan fingerprint density at radius 1 is 0.941 bits per heavy atom.